The molecule has 200 valence electrons. The van der Waals surface area contributed by atoms with Crippen LogP contribution in [0.15, 0.2) is 47.5 Å². The predicted molar refractivity (Wildman–Crippen MR) is 139 cm³/mol. The highest BCUT2D eigenvalue weighted by Gasteiger charge is 2.36. The number of thioether (sulfide) groups is 1. The molecule has 0 saturated carbocycles. The van der Waals surface area contributed by atoms with E-state index in [4.69, 9.17) is 11.6 Å². The van der Waals surface area contributed by atoms with Crippen molar-refractivity contribution in [2.45, 2.75) is 31.7 Å². The maximum Gasteiger partial charge on any atom is 0.416 e. The number of likely N-dealkylation sites (tertiary alicyclic amines) is 1. The van der Waals surface area contributed by atoms with Gasteiger partial charge in [0.1, 0.15) is 6.17 Å². The Labute approximate surface area is 225 Å². The van der Waals surface area contributed by atoms with Crippen molar-refractivity contribution in [3.8, 4) is 0 Å². The Bertz CT molecular complexity index is 1420. The van der Waals surface area contributed by atoms with Gasteiger partial charge >= 0.3 is 6.18 Å². The van der Waals surface area contributed by atoms with Crippen LogP contribution in [0.25, 0.3) is 17.0 Å². The van der Waals surface area contributed by atoms with E-state index in [2.05, 4.69) is 5.10 Å². The fourth-order valence-corrected chi connectivity index (χ4v) is 5.76. The first-order valence-electron chi connectivity index (χ1n) is 12.0. The largest absolute Gasteiger partial charge is 0.416 e. The topological polar surface area (TPSA) is 58.4 Å². The van der Waals surface area contributed by atoms with Crippen LogP contribution in [-0.2, 0) is 17.5 Å². The molecule has 1 aromatic heterocycles. The Morgan fingerprint density at radius 3 is 2.71 bits per heavy atom. The number of amides is 2. The standard InChI is InChI=1S/C26H23ClF4N4O2S/c27-19-5-4-17(21(12-19)26(29,30)31)14-35-22-6-3-16(10-18(22)13-32-35)11-23-24(36)34(25(37)38-23)9-8-33-7-1-2-20(28)15-33/h3-6,10-13,20H,1-2,7-9,14-15H2/b23-11-. The van der Waals surface area contributed by atoms with Crippen molar-refractivity contribution >= 4 is 51.5 Å². The van der Waals surface area contributed by atoms with E-state index in [9.17, 15) is 27.2 Å². The van der Waals surface area contributed by atoms with Crippen LogP contribution >= 0.6 is 23.4 Å². The summed E-state index contributed by atoms with van der Waals surface area (Å²) in [4.78, 5) is 28.7. The Morgan fingerprint density at radius 2 is 1.95 bits per heavy atom. The molecule has 12 heteroatoms. The monoisotopic (exact) mass is 566 g/mol. The van der Waals surface area contributed by atoms with Gasteiger partial charge in [0, 0.05) is 30.0 Å². The number of imide groups is 1. The number of hydrogen-bond donors (Lipinski definition) is 0. The molecule has 2 aromatic carbocycles. The number of carbonyl (C=O) groups excluding carboxylic acids is 2. The van der Waals surface area contributed by atoms with E-state index < -0.39 is 23.8 Å². The second kappa shape index (κ2) is 10.7. The molecule has 2 aliphatic rings. The first-order chi connectivity index (χ1) is 18.1. The first kappa shape index (κ1) is 26.7. The number of hydrogen-bond acceptors (Lipinski definition) is 5. The minimum Gasteiger partial charge on any atom is -0.299 e. The van der Waals surface area contributed by atoms with Gasteiger partial charge in [0.15, 0.2) is 0 Å². The van der Waals surface area contributed by atoms with Gasteiger partial charge in [-0.05, 0) is 72.6 Å². The van der Waals surface area contributed by atoms with E-state index in [1.54, 1.807) is 30.5 Å². The van der Waals surface area contributed by atoms with Crippen LogP contribution in [0.4, 0.5) is 22.4 Å². The normalized spacial score (nSPS) is 20.3. The van der Waals surface area contributed by atoms with Gasteiger partial charge in [0.25, 0.3) is 11.1 Å². The van der Waals surface area contributed by atoms with Crippen molar-refractivity contribution in [2.24, 2.45) is 0 Å². The summed E-state index contributed by atoms with van der Waals surface area (Å²) in [5.74, 6) is -0.396. The number of benzene rings is 2. The predicted octanol–water partition coefficient (Wildman–Crippen LogP) is 6.23. The highest BCUT2D eigenvalue weighted by molar-refractivity contribution is 8.18. The van der Waals surface area contributed by atoms with E-state index in [1.165, 1.54) is 21.7 Å². The van der Waals surface area contributed by atoms with Crippen molar-refractivity contribution in [1.29, 1.82) is 0 Å². The number of halogens is 5. The lowest BCUT2D eigenvalue weighted by Crippen LogP contribution is -2.42. The molecule has 6 nitrogen and oxygen atoms in total. The van der Waals surface area contributed by atoms with Gasteiger partial charge in [-0.25, -0.2) is 4.39 Å². The summed E-state index contributed by atoms with van der Waals surface area (Å²) < 4.78 is 55.6. The number of piperidine rings is 1. The second-order valence-corrected chi connectivity index (χ2v) is 10.7. The number of nitrogens with zero attached hydrogens (tertiary/aromatic N) is 4. The molecule has 38 heavy (non-hydrogen) atoms. The van der Waals surface area contributed by atoms with Crippen molar-refractivity contribution in [3.63, 3.8) is 0 Å². The Morgan fingerprint density at radius 1 is 1.13 bits per heavy atom. The maximum absolute atomic E-state index is 13.6. The summed E-state index contributed by atoms with van der Waals surface area (Å²) >= 11 is 6.63. The van der Waals surface area contributed by atoms with Gasteiger partial charge in [-0.15, -0.1) is 0 Å². The molecule has 3 aromatic rings. The van der Waals surface area contributed by atoms with Crippen LogP contribution in [-0.4, -0.2) is 63.1 Å². The minimum absolute atomic E-state index is 0.000322. The number of carbonyl (C=O) groups is 2. The average Bonchev–Trinajstić information content (AvgIpc) is 3.37. The first-order valence-corrected chi connectivity index (χ1v) is 13.2. The smallest absolute Gasteiger partial charge is 0.299 e. The third kappa shape index (κ3) is 5.74. The zero-order chi connectivity index (χ0) is 27.0. The molecule has 0 bridgehead atoms. The van der Waals surface area contributed by atoms with E-state index in [1.807, 2.05) is 4.90 Å². The van der Waals surface area contributed by atoms with E-state index in [0.29, 0.717) is 36.0 Å². The number of rotatable bonds is 6. The Balaban J connectivity index is 1.31. The van der Waals surface area contributed by atoms with E-state index in [-0.39, 0.29) is 33.8 Å². The van der Waals surface area contributed by atoms with Crippen LogP contribution in [0.1, 0.15) is 29.5 Å². The number of fused-ring (bicyclic) bond motifs is 1. The van der Waals surface area contributed by atoms with Crippen LogP contribution in [0.5, 0.6) is 0 Å². The van der Waals surface area contributed by atoms with Gasteiger partial charge in [-0.3, -0.25) is 24.1 Å². The molecule has 1 atom stereocenters. The van der Waals surface area contributed by atoms with Gasteiger partial charge in [0.2, 0.25) is 0 Å². The number of alkyl halides is 4. The fraction of sp³-hybridized carbons (Fsp3) is 0.346. The molecule has 1 unspecified atom stereocenters. The zero-order valence-electron chi connectivity index (χ0n) is 20.0. The quantitative estimate of drug-likeness (QED) is 0.262. The van der Waals surface area contributed by atoms with Crippen molar-refractivity contribution < 1.29 is 27.2 Å². The van der Waals surface area contributed by atoms with Crippen LogP contribution < -0.4 is 0 Å². The van der Waals surface area contributed by atoms with E-state index in [0.717, 1.165) is 30.8 Å². The molecule has 0 radical (unpaired) electrons. The molecule has 0 aliphatic carbocycles. The van der Waals surface area contributed by atoms with Crippen molar-refractivity contribution in [3.05, 3.63) is 69.2 Å². The third-order valence-electron chi connectivity index (χ3n) is 6.62. The molecular weight excluding hydrogens is 544 g/mol. The van der Waals surface area contributed by atoms with Gasteiger partial charge in [0.05, 0.1) is 28.7 Å². The van der Waals surface area contributed by atoms with Crippen molar-refractivity contribution in [1.82, 2.24) is 19.6 Å². The lowest BCUT2D eigenvalue weighted by atomic mass is 10.1. The highest BCUT2D eigenvalue weighted by atomic mass is 35.5. The third-order valence-corrected chi connectivity index (χ3v) is 7.76. The SMILES string of the molecule is O=C1S/C(=C\c2ccc3c(cnn3Cc3ccc(Cl)cc3C(F)(F)F)c2)C(=O)N1CCN1CCCC(F)C1. The van der Waals surface area contributed by atoms with Crippen LogP contribution in [0.2, 0.25) is 5.02 Å². The molecule has 2 aliphatic heterocycles. The summed E-state index contributed by atoms with van der Waals surface area (Å²) in [7, 11) is 0. The second-order valence-electron chi connectivity index (χ2n) is 9.29. The fourth-order valence-electron chi connectivity index (χ4n) is 4.72. The Kier molecular flexibility index (Phi) is 7.52. The van der Waals surface area contributed by atoms with Crippen LogP contribution in [0, 0.1) is 0 Å². The summed E-state index contributed by atoms with van der Waals surface area (Å²) in [6.07, 6.45) is -0.983. The zero-order valence-corrected chi connectivity index (χ0v) is 21.6. The molecule has 2 saturated heterocycles. The van der Waals surface area contributed by atoms with Crippen LogP contribution in [0.3, 0.4) is 0 Å². The van der Waals surface area contributed by atoms with Gasteiger partial charge < -0.3 is 0 Å². The summed E-state index contributed by atoms with van der Waals surface area (Å²) in [5.41, 5.74) is 0.495. The number of aromatic nitrogens is 2. The molecule has 2 fully saturated rings. The minimum atomic E-state index is -4.55. The summed E-state index contributed by atoms with van der Waals surface area (Å²) in [6, 6.07) is 8.84. The van der Waals surface area contributed by atoms with Crippen molar-refractivity contribution in [2.75, 3.05) is 26.2 Å². The maximum atomic E-state index is 13.6. The lowest BCUT2D eigenvalue weighted by Gasteiger charge is -2.29. The van der Waals surface area contributed by atoms with E-state index >= 15 is 0 Å². The molecule has 3 heterocycles. The summed E-state index contributed by atoms with van der Waals surface area (Å²) in [5, 5.41) is 4.56. The summed E-state index contributed by atoms with van der Waals surface area (Å²) in [6.45, 7) is 1.59. The molecular formula is C26H23ClF4N4O2S. The lowest BCUT2D eigenvalue weighted by molar-refractivity contribution is -0.138. The van der Waals surface area contributed by atoms with Gasteiger partial charge in [-0.2, -0.15) is 18.3 Å². The molecule has 5 rings (SSSR count). The molecule has 0 N–H and O–H groups in total. The average molecular weight is 567 g/mol. The Hall–Kier alpha value is -2.89. The molecule has 0 spiro atoms. The highest BCUT2D eigenvalue weighted by Crippen LogP contribution is 2.35. The molecule has 2 amide bonds. The van der Waals surface area contributed by atoms with Gasteiger partial charge in [-0.1, -0.05) is 23.7 Å².